The molecule has 5 heteroatoms. The molecule has 0 fully saturated rings. The van der Waals surface area contributed by atoms with Gasteiger partial charge in [-0.15, -0.1) is 0 Å². The third kappa shape index (κ3) is 1.70. The SMILES string of the molecule is Cc1ncc(C(F)F)c(I)c1F. The van der Waals surface area contributed by atoms with Gasteiger partial charge in [-0.05, 0) is 29.5 Å². The van der Waals surface area contributed by atoms with Gasteiger partial charge in [0.15, 0.2) is 5.82 Å². The molecule has 1 aromatic heterocycles. The van der Waals surface area contributed by atoms with E-state index in [4.69, 9.17) is 0 Å². The molecular formula is C7H5F3IN. The van der Waals surface area contributed by atoms with E-state index >= 15 is 0 Å². The van der Waals surface area contributed by atoms with Crippen molar-refractivity contribution >= 4 is 22.6 Å². The Morgan fingerprint density at radius 3 is 2.58 bits per heavy atom. The van der Waals surface area contributed by atoms with Crippen LogP contribution in [0.1, 0.15) is 17.7 Å². The fourth-order valence-corrected chi connectivity index (χ4v) is 1.48. The molecule has 0 saturated carbocycles. The van der Waals surface area contributed by atoms with Crippen LogP contribution in [0.15, 0.2) is 6.20 Å². The second-order valence-corrected chi connectivity index (χ2v) is 3.31. The second-order valence-electron chi connectivity index (χ2n) is 2.23. The van der Waals surface area contributed by atoms with Gasteiger partial charge in [0.2, 0.25) is 0 Å². The summed E-state index contributed by atoms with van der Waals surface area (Å²) in [4.78, 5) is 3.50. The molecule has 0 atom stereocenters. The van der Waals surface area contributed by atoms with Crippen LogP contribution in [0.25, 0.3) is 0 Å². The highest BCUT2D eigenvalue weighted by Gasteiger charge is 2.16. The molecule has 0 N–H and O–H groups in total. The zero-order valence-corrected chi connectivity index (χ0v) is 8.27. The quantitative estimate of drug-likeness (QED) is 0.723. The summed E-state index contributed by atoms with van der Waals surface area (Å²) < 4.78 is 37.2. The van der Waals surface area contributed by atoms with Crippen LogP contribution in [-0.2, 0) is 0 Å². The maximum atomic E-state index is 12.9. The summed E-state index contributed by atoms with van der Waals surface area (Å²) in [7, 11) is 0. The predicted octanol–water partition coefficient (Wildman–Crippen LogP) is 3.07. The molecule has 0 spiro atoms. The number of aromatic nitrogens is 1. The molecule has 0 aliphatic rings. The zero-order chi connectivity index (χ0) is 9.30. The maximum absolute atomic E-state index is 12.9. The number of pyridine rings is 1. The molecule has 0 aliphatic heterocycles. The van der Waals surface area contributed by atoms with Crippen LogP contribution in [0, 0.1) is 16.3 Å². The summed E-state index contributed by atoms with van der Waals surface area (Å²) in [5, 5.41) is 0. The highest BCUT2D eigenvalue weighted by Crippen LogP contribution is 2.26. The Kier molecular flexibility index (Phi) is 2.92. The van der Waals surface area contributed by atoms with Crippen molar-refractivity contribution in [2.45, 2.75) is 13.3 Å². The van der Waals surface area contributed by atoms with E-state index in [9.17, 15) is 13.2 Å². The van der Waals surface area contributed by atoms with E-state index < -0.39 is 12.2 Å². The summed E-state index contributed by atoms with van der Waals surface area (Å²) in [6, 6.07) is 0. The summed E-state index contributed by atoms with van der Waals surface area (Å²) in [6.07, 6.45) is -1.66. The average molecular weight is 287 g/mol. The van der Waals surface area contributed by atoms with Crippen LogP contribution in [0.3, 0.4) is 0 Å². The van der Waals surface area contributed by atoms with Crippen molar-refractivity contribution in [3.8, 4) is 0 Å². The number of alkyl halides is 2. The highest BCUT2D eigenvalue weighted by molar-refractivity contribution is 14.1. The van der Waals surface area contributed by atoms with Crippen LogP contribution >= 0.6 is 22.6 Å². The lowest BCUT2D eigenvalue weighted by Gasteiger charge is -2.04. The molecule has 12 heavy (non-hydrogen) atoms. The molecule has 0 bridgehead atoms. The highest BCUT2D eigenvalue weighted by atomic mass is 127. The fourth-order valence-electron chi connectivity index (χ4n) is 0.717. The third-order valence-corrected chi connectivity index (χ3v) is 2.49. The van der Waals surface area contributed by atoms with Crippen molar-refractivity contribution in [3.63, 3.8) is 0 Å². The van der Waals surface area contributed by atoms with E-state index in [2.05, 4.69) is 4.98 Å². The van der Waals surface area contributed by atoms with Gasteiger partial charge in [-0.1, -0.05) is 0 Å². The Labute approximate surface area is 81.1 Å². The summed E-state index contributed by atoms with van der Waals surface area (Å²) >= 11 is 1.55. The first-order chi connectivity index (χ1) is 5.54. The largest absolute Gasteiger partial charge is 0.266 e. The van der Waals surface area contributed by atoms with Gasteiger partial charge >= 0.3 is 0 Å². The Hall–Kier alpha value is -0.330. The minimum Gasteiger partial charge on any atom is -0.258 e. The lowest BCUT2D eigenvalue weighted by molar-refractivity contribution is 0.149. The molecule has 66 valence electrons. The van der Waals surface area contributed by atoms with Gasteiger partial charge in [0.05, 0.1) is 14.8 Å². The van der Waals surface area contributed by atoms with Crippen molar-refractivity contribution in [1.82, 2.24) is 4.98 Å². The number of rotatable bonds is 1. The summed E-state index contributed by atoms with van der Waals surface area (Å²) in [5.41, 5.74) is -0.206. The number of halogens is 4. The first kappa shape index (κ1) is 9.76. The van der Waals surface area contributed by atoms with Gasteiger partial charge in [-0.2, -0.15) is 0 Å². The first-order valence-electron chi connectivity index (χ1n) is 3.12. The topological polar surface area (TPSA) is 12.9 Å². The van der Waals surface area contributed by atoms with Gasteiger partial charge in [-0.3, -0.25) is 4.98 Å². The first-order valence-corrected chi connectivity index (χ1v) is 4.20. The van der Waals surface area contributed by atoms with E-state index in [0.29, 0.717) is 0 Å². The minimum atomic E-state index is -2.67. The summed E-state index contributed by atoms with van der Waals surface area (Å²) in [5.74, 6) is -0.659. The van der Waals surface area contributed by atoms with Crippen LogP contribution in [0.5, 0.6) is 0 Å². The molecule has 0 unspecified atom stereocenters. The van der Waals surface area contributed by atoms with Gasteiger partial charge in [-0.25, -0.2) is 13.2 Å². The van der Waals surface area contributed by atoms with Crippen LogP contribution in [0.2, 0.25) is 0 Å². The molecule has 1 heterocycles. The van der Waals surface area contributed by atoms with E-state index in [1.165, 1.54) is 6.92 Å². The lowest BCUT2D eigenvalue weighted by atomic mass is 10.2. The zero-order valence-electron chi connectivity index (χ0n) is 6.11. The van der Waals surface area contributed by atoms with Crippen molar-refractivity contribution in [1.29, 1.82) is 0 Å². The van der Waals surface area contributed by atoms with Gasteiger partial charge < -0.3 is 0 Å². The van der Waals surface area contributed by atoms with E-state index in [1.54, 1.807) is 22.6 Å². The fraction of sp³-hybridized carbons (Fsp3) is 0.286. The van der Waals surface area contributed by atoms with Crippen LogP contribution in [-0.4, -0.2) is 4.98 Å². The molecule has 1 aromatic rings. The van der Waals surface area contributed by atoms with Crippen LogP contribution < -0.4 is 0 Å². The Balaban J connectivity index is 3.27. The lowest BCUT2D eigenvalue weighted by Crippen LogP contribution is -1.98. The molecule has 0 saturated heterocycles. The van der Waals surface area contributed by atoms with Crippen LogP contribution in [0.4, 0.5) is 13.2 Å². The molecule has 0 amide bonds. The normalized spacial score (nSPS) is 10.8. The summed E-state index contributed by atoms with van der Waals surface area (Å²) in [6.45, 7) is 1.44. The van der Waals surface area contributed by atoms with Crippen molar-refractivity contribution in [2.24, 2.45) is 0 Å². The molecule has 0 aromatic carbocycles. The predicted molar refractivity (Wildman–Crippen MR) is 46.6 cm³/mol. The smallest absolute Gasteiger partial charge is 0.258 e. The Bertz CT molecular complexity index is 301. The number of hydrogen-bond acceptors (Lipinski definition) is 1. The van der Waals surface area contributed by atoms with Gasteiger partial charge in [0.1, 0.15) is 0 Å². The molecular weight excluding hydrogens is 282 g/mol. The van der Waals surface area contributed by atoms with Crippen molar-refractivity contribution in [3.05, 3.63) is 26.8 Å². The molecule has 0 radical (unpaired) electrons. The maximum Gasteiger partial charge on any atom is 0.266 e. The number of aryl methyl sites for hydroxylation is 1. The van der Waals surface area contributed by atoms with E-state index in [1.807, 2.05) is 0 Å². The minimum absolute atomic E-state index is 0.0462. The molecule has 1 rings (SSSR count). The van der Waals surface area contributed by atoms with Crippen molar-refractivity contribution < 1.29 is 13.2 Å². The number of hydrogen-bond donors (Lipinski definition) is 0. The monoisotopic (exact) mass is 287 g/mol. The number of nitrogens with zero attached hydrogens (tertiary/aromatic N) is 1. The standard InChI is InChI=1S/C7H5F3IN/c1-3-5(8)6(11)4(2-12-3)7(9)10/h2,7H,1H3. The van der Waals surface area contributed by atoms with E-state index in [-0.39, 0.29) is 14.8 Å². The van der Waals surface area contributed by atoms with E-state index in [0.717, 1.165) is 6.20 Å². The van der Waals surface area contributed by atoms with Crippen molar-refractivity contribution in [2.75, 3.05) is 0 Å². The third-order valence-electron chi connectivity index (χ3n) is 1.40. The second kappa shape index (κ2) is 3.59. The Morgan fingerprint density at radius 2 is 2.08 bits per heavy atom. The molecule has 0 aliphatic carbocycles. The van der Waals surface area contributed by atoms with Gasteiger partial charge in [0, 0.05) is 6.20 Å². The molecule has 1 nitrogen and oxygen atoms in total. The average Bonchev–Trinajstić information content (AvgIpc) is 2.00. The Morgan fingerprint density at radius 1 is 1.50 bits per heavy atom. The van der Waals surface area contributed by atoms with Gasteiger partial charge in [0.25, 0.3) is 6.43 Å².